The van der Waals surface area contributed by atoms with Crippen molar-refractivity contribution in [1.29, 1.82) is 0 Å². The maximum absolute atomic E-state index is 13.1. The van der Waals surface area contributed by atoms with Crippen molar-refractivity contribution >= 4 is 27.5 Å². The Hall–Kier alpha value is -1.68. The number of hydrogen-bond donors (Lipinski definition) is 1. The van der Waals surface area contributed by atoms with Crippen LogP contribution < -0.4 is 5.32 Å². The van der Waals surface area contributed by atoms with Crippen LogP contribution in [0.1, 0.15) is 22.8 Å². The summed E-state index contributed by atoms with van der Waals surface area (Å²) in [6.07, 6.45) is 0.937. The summed E-state index contributed by atoms with van der Waals surface area (Å²) in [5, 5.41) is 2.73. The number of benzene rings is 2. The highest BCUT2D eigenvalue weighted by atomic mass is 79.9. The fourth-order valence-corrected chi connectivity index (χ4v) is 2.05. The second-order valence-corrected chi connectivity index (χ2v) is 4.99. The van der Waals surface area contributed by atoms with Crippen LogP contribution in [0, 0.1) is 5.82 Å². The normalized spacial score (nSPS) is 10.3. The maximum Gasteiger partial charge on any atom is 0.255 e. The molecular formula is C15H13BrFNO. The van der Waals surface area contributed by atoms with Crippen LogP contribution in [0.4, 0.5) is 10.1 Å². The summed E-state index contributed by atoms with van der Waals surface area (Å²) in [6, 6.07) is 11.8. The number of hydrogen-bond acceptors (Lipinski definition) is 1. The van der Waals surface area contributed by atoms with Crippen molar-refractivity contribution in [2.24, 2.45) is 0 Å². The van der Waals surface area contributed by atoms with Gasteiger partial charge >= 0.3 is 0 Å². The van der Waals surface area contributed by atoms with Crippen molar-refractivity contribution in [3.8, 4) is 0 Å². The fraction of sp³-hybridized carbons (Fsp3) is 0.133. The quantitative estimate of drug-likeness (QED) is 0.891. The van der Waals surface area contributed by atoms with Crippen LogP contribution in [0.3, 0.4) is 0 Å². The van der Waals surface area contributed by atoms with Crippen molar-refractivity contribution < 1.29 is 9.18 Å². The molecule has 98 valence electrons. The van der Waals surface area contributed by atoms with E-state index in [0.717, 1.165) is 6.42 Å². The van der Waals surface area contributed by atoms with Gasteiger partial charge in [0.1, 0.15) is 5.82 Å². The highest BCUT2D eigenvalue weighted by Crippen LogP contribution is 2.20. The molecule has 0 aliphatic rings. The Morgan fingerprint density at radius 3 is 2.47 bits per heavy atom. The maximum atomic E-state index is 13.1. The predicted molar refractivity (Wildman–Crippen MR) is 77.9 cm³/mol. The summed E-state index contributed by atoms with van der Waals surface area (Å²) < 4.78 is 13.4. The standard InChI is InChI=1S/C15H13BrFNO/c1-2-10-3-5-11(6-4-10)15(19)18-12-7-8-14(17)13(16)9-12/h3-9H,2H2,1H3,(H,18,19). The van der Waals surface area contributed by atoms with Crippen LogP contribution in [0.25, 0.3) is 0 Å². The topological polar surface area (TPSA) is 29.1 Å². The third-order valence-corrected chi connectivity index (χ3v) is 3.41. The zero-order chi connectivity index (χ0) is 13.8. The van der Waals surface area contributed by atoms with Gasteiger partial charge < -0.3 is 5.32 Å². The first kappa shape index (κ1) is 13.7. The molecule has 0 atom stereocenters. The highest BCUT2D eigenvalue weighted by molar-refractivity contribution is 9.10. The number of carbonyl (C=O) groups is 1. The molecule has 2 nitrogen and oxygen atoms in total. The smallest absolute Gasteiger partial charge is 0.255 e. The van der Waals surface area contributed by atoms with Crippen LogP contribution in [0.15, 0.2) is 46.9 Å². The molecular weight excluding hydrogens is 309 g/mol. The van der Waals surface area contributed by atoms with E-state index in [4.69, 9.17) is 0 Å². The van der Waals surface area contributed by atoms with Crippen molar-refractivity contribution in [2.45, 2.75) is 13.3 Å². The average molecular weight is 322 g/mol. The SMILES string of the molecule is CCc1ccc(C(=O)Nc2ccc(F)c(Br)c2)cc1. The summed E-state index contributed by atoms with van der Waals surface area (Å²) >= 11 is 3.08. The minimum absolute atomic E-state index is 0.207. The monoisotopic (exact) mass is 321 g/mol. The van der Waals surface area contributed by atoms with Crippen LogP contribution >= 0.6 is 15.9 Å². The van der Waals surface area contributed by atoms with Crippen LogP contribution in [0.2, 0.25) is 0 Å². The number of amides is 1. The fourth-order valence-electron chi connectivity index (χ4n) is 1.67. The molecule has 2 aromatic carbocycles. The van der Waals surface area contributed by atoms with Gasteiger partial charge in [-0.1, -0.05) is 19.1 Å². The summed E-state index contributed by atoms with van der Waals surface area (Å²) in [5.74, 6) is -0.563. The molecule has 1 N–H and O–H groups in total. The van der Waals surface area contributed by atoms with Gasteiger partial charge in [-0.05, 0) is 58.2 Å². The van der Waals surface area contributed by atoms with E-state index in [0.29, 0.717) is 15.7 Å². The lowest BCUT2D eigenvalue weighted by molar-refractivity contribution is 0.102. The number of rotatable bonds is 3. The van der Waals surface area contributed by atoms with Crippen LogP contribution in [0.5, 0.6) is 0 Å². The number of halogens is 2. The molecule has 0 spiro atoms. The highest BCUT2D eigenvalue weighted by Gasteiger charge is 2.07. The number of aryl methyl sites for hydroxylation is 1. The Balaban J connectivity index is 2.13. The minimum atomic E-state index is -0.356. The lowest BCUT2D eigenvalue weighted by Crippen LogP contribution is -2.11. The van der Waals surface area contributed by atoms with E-state index in [1.165, 1.54) is 23.8 Å². The molecule has 0 saturated carbocycles. The third-order valence-electron chi connectivity index (χ3n) is 2.80. The molecule has 0 unspecified atom stereocenters. The Kier molecular flexibility index (Phi) is 4.32. The van der Waals surface area contributed by atoms with Gasteiger partial charge in [-0.3, -0.25) is 4.79 Å². The van der Waals surface area contributed by atoms with Crippen molar-refractivity contribution in [2.75, 3.05) is 5.32 Å². The molecule has 0 aliphatic heterocycles. The van der Waals surface area contributed by atoms with E-state index in [2.05, 4.69) is 28.2 Å². The zero-order valence-electron chi connectivity index (χ0n) is 10.4. The van der Waals surface area contributed by atoms with Crippen LogP contribution in [-0.4, -0.2) is 5.91 Å². The molecule has 0 aromatic heterocycles. The number of carbonyl (C=O) groups excluding carboxylic acids is 1. The summed E-state index contributed by atoms with van der Waals surface area (Å²) in [5.41, 5.74) is 2.32. The summed E-state index contributed by atoms with van der Waals surface area (Å²) in [4.78, 5) is 12.0. The number of anilines is 1. The molecule has 0 bridgehead atoms. The van der Waals surface area contributed by atoms with Crippen molar-refractivity contribution in [3.05, 3.63) is 63.9 Å². The van der Waals surface area contributed by atoms with Gasteiger partial charge in [-0.2, -0.15) is 0 Å². The Labute approximate surface area is 119 Å². The molecule has 0 heterocycles. The average Bonchev–Trinajstić information content (AvgIpc) is 2.43. The molecule has 0 saturated heterocycles. The Morgan fingerprint density at radius 1 is 1.21 bits per heavy atom. The van der Waals surface area contributed by atoms with Gasteiger partial charge in [-0.15, -0.1) is 0 Å². The zero-order valence-corrected chi connectivity index (χ0v) is 12.0. The second kappa shape index (κ2) is 5.97. The summed E-state index contributed by atoms with van der Waals surface area (Å²) in [7, 11) is 0. The van der Waals surface area contributed by atoms with E-state index < -0.39 is 0 Å². The van der Waals surface area contributed by atoms with Gasteiger partial charge in [0, 0.05) is 11.3 Å². The lowest BCUT2D eigenvalue weighted by atomic mass is 10.1. The first-order chi connectivity index (χ1) is 9.10. The molecule has 2 rings (SSSR count). The number of nitrogens with one attached hydrogen (secondary N) is 1. The van der Waals surface area contributed by atoms with Gasteiger partial charge in [0.25, 0.3) is 5.91 Å². The van der Waals surface area contributed by atoms with E-state index >= 15 is 0 Å². The molecule has 4 heteroatoms. The van der Waals surface area contributed by atoms with E-state index in [-0.39, 0.29) is 11.7 Å². The third kappa shape index (κ3) is 3.41. The van der Waals surface area contributed by atoms with Gasteiger partial charge in [0.15, 0.2) is 0 Å². The predicted octanol–water partition coefficient (Wildman–Crippen LogP) is 4.40. The molecule has 0 fully saturated rings. The van der Waals surface area contributed by atoms with E-state index in [1.54, 1.807) is 12.1 Å². The first-order valence-corrected chi connectivity index (χ1v) is 6.75. The molecule has 1 amide bonds. The largest absolute Gasteiger partial charge is 0.322 e. The van der Waals surface area contributed by atoms with E-state index in [9.17, 15) is 9.18 Å². The Morgan fingerprint density at radius 2 is 1.89 bits per heavy atom. The Bertz CT molecular complexity index is 596. The molecule has 0 aliphatic carbocycles. The molecule has 2 aromatic rings. The lowest BCUT2D eigenvalue weighted by Gasteiger charge is -2.06. The van der Waals surface area contributed by atoms with E-state index in [1.807, 2.05) is 12.1 Å². The first-order valence-electron chi connectivity index (χ1n) is 5.95. The minimum Gasteiger partial charge on any atom is -0.322 e. The second-order valence-electron chi connectivity index (χ2n) is 4.13. The van der Waals surface area contributed by atoms with Crippen LogP contribution in [-0.2, 0) is 6.42 Å². The molecule has 19 heavy (non-hydrogen) atoms. The van der Waals surface area contributed by atoms with Gasteiger partial charge in [-0.25, -0.2) is 4.39 Å². The van der Waals surface area contributed by atoms with Crippen molar-refractivity contribution in [3.63, 3.8) is 0 Å². The summed E-state index contributed by atoms with van der Waals surface area (Å²) in [6.45, 7) is 2.06. The molecule has 0 radical (unpaired) electrons. The van der Waals surface area contributed by atoms with Gasteiger partial charge in [0.2, 0.25) is 0 Å². The van der Waals surface area contributed by atoms with Gasteiger partial charge in [0.05, 0.1) is 4.47 Å². The van der Waals surface area contributed by atoms with Crippen molar-refractivity contribution in [1.82, 2.24) is 0 Å².